The molecule has 28 heavy (non-hydrogen) atoms. The van der Waals surface area contributed by atoms with Crippen LogP contribution in [-0.4, -0.2) is 37.0 Å². The molecule has 2 aromatic carbocycles. The molecule has 2 N–H and O–H groups in total. The second-order valence-electron chi connectivity index (χ2n) is 7.31. The minimum Gasteiger partial charge on any atom is -0.504 e. The third kappa shape index (κ3) is 2.12. The zero-order valence-corrected chi connectivity index (χ0v) is 14.8. The Kier molecular flexibility index (Phi) is 3.36. The van der Waals surface area contributed by atoms with E-state index in [0.717, 1.165) is 0 Å². The van der Waals surface area contributed by atoms with E-state index in [1.165, 1.54) is 0 Å². The highest BCUT2D eigenvalue weighted by Crippen LogP contribution is 2.56. The first-order valence-corrected chi connectivity index (χ1v) is 9.18. The monoisotopic (exact) mass is 386 g/mol. The Morgan fingerprint density at radius 1 is 0.643 bits per heavy atom. The van der Waals surface area contributed by atoms with Crippen LogP contribution in [0.25, 0.3) is 0 Å². The van der Waals surface area contributed by atoms with Crippen LogP contribution in [0.15, 0.2) is 24.3 Å². The SMILES string of the molecule is Oc1c(C2OCC3C(c4ccc5c(c4O)OCO5)OCC23)ccc2c1OCO2. The number of hydrogen-bond donors (Lipinski definition) is 2. The number of fused-ring (bicyclic) bond motifs is 3. The van der Waals surface area contributed by atoms with Crippen molar-refractivity contribution in [1.29, 1.82) is 0 Å². The van der Waals surface area contributed by atoms with E-state index in [2.05, 4.69) is 0 Å². The number of phenolic OH excluding ortho intramolecular Hbond substituents is 2. The maximum absolute atomic E-state index is 10.6. The average molecular weight is 386 g/mol. The van der Waals surface area contributed by atoms with Crippen LogP contribution in [0.3, 0.4) is 0 Å². The Morgan fingerprint density at radius 3 is 1.57 bits per heavy atom. The summed E-state index contributed by atoms with van der Waals surface area (Å²) in [5.41, 5.74) is 1.33. The Hall–Kier alpha value is -2.84. The summed E-state index contributed by atoms with van der Waals surface area (Å²) in [6.45, 7) is 1.11. The maximum atomic E-state index is 10.6. The fourth-order valence-corrected chi connectivity index (χ4v) is 4.59. The van der Waals surface area contributed by atoms with Gasteiger partial charge in [-0.15, -0.1) is 0 Å². The molecule has 8 heteroatoms. The van der Waals surface area contributed by atoms with Crippen molar-refractivity contribution in [2.24, 2.45) is 11.8 Å². The molecule has 0 aliphatic carbocycles. The van der Waals surface area contributed by atoms with E-state index < -0.39 is 0 Å². The first kappa shape index (κ1) is 16.1. The molecule has 0 amide bonds. The largest absolute Gasteiger partial charge is 0.504 e. The zero-order valence-electron chi connectivity index (χ0n) is 14.8. The molecule has 0 saturated carbocycles. The second kappa shape index (κ2) is 5.83. The molecule has 6 rings (SSSR count). The normalized spacial score (nSPS) is 29.3. The van der Waals surface area contributed by atoms with Gasteiger partial charge in [0.25, 0.3) is 0 Å². The summed E-state index contributed by atoms with van der Waals surface area (Å²) in [6, 6.07) is 7.18. The van der Waals surface area contributed by atoms with Crippen LogP contribution in [0.4, 0.5) is 0 Å². The van der Waals surface area contributed by atoms with Gasteiger partial charge in [-0.1, -0.05) is 0 Å². The van der Waals surface area contributed by atoms with Crippen molar-refractivity contribution in [3.63, 3.8) is 0 Å². The van der Waals surface area contributed by atoms with E-state index in [9.17, 15) is 10.2 Å². The van der Waals surface area contributed by atoms with Crippen LogP contribution in [0.2, 0.25) is 0 Å². The molecule has 4 atom stereocenters. The van der Waals surface area contributed by atoms with E-state index in [0.29, 0.717) is 47.3 Å². The Morgan fingerprint density at radius 2 is 1.11 bits per heavy atom. The molecule has 0 aromatic heterocycles. The van der Waals surface area contributed by atoms with Crippen LogP contribution < -0.4 is 18.9 Å². The van der Waals surface area contributed by atoms with Gasteiger partial charge < -0.3 is 38.6 Å². The van der Waals surface area contributed by atoms with Gasteiger partial charge in [-0.2, -0.15) is 0 Å². The van der Waals surface area contributed by atoms with Crippen molar-refractivity contribution in [2.75, 3.05) is 26.8 Å². The van der Waals surface area contributed by atoms with E-state index in [4.69, 9.17) is 28.4 Å². The summed E-state index contributed by atoms with van der Waals surface area (Å²) in [7, 11) is 0. The molecule has 0 bridgehead atoms. The predicted octanol–water partition coefficient (Wildman–Crippen LogP) is 2.63. The number of ether oxygens (including phenoxy) is 6. The lowest BCUT2D eigenvalue weighted by Crippen LogP contribution is -2.14. The highest BCUT2D eigenvalue weighted by atomic mass is 16.7. The molecule has 146 valence electrons. The van der Waals surface area contributed by atoms with Crippen molar-refractivity contribution in [2.45, 2.75) is 12.2 Å². The van der Waals surface area contributed by atoms with Crippen LogP contribution in [0, 0.1) is 11.8 Å². The van der Waals surface area contributed by atoms with Crippen LogP contribution in [-0.2, 0) is 9.47 Å². The van der Waals surface area contributed by atoms with E-state index >= 15 is 0 Å². The molecule has 4 unspecified atom stereocenters. The Balaban J connectivity index is 1.31. The summed E-state index contributed by atoms with van der Waals surface area (Å²) in [6.07, 6.45) is -0.638. The van der Waals surface area contributed by atoms with Gasteiger partial charge in [0.15, 0.2) is 23.0 Å². The fourth-order valence-electron chi connectivity index (χ4n) is 4.59. The highest BCUT2D eigenvalue weighted by Gasteiger charge is 2.50. The lowest BCUT2D eigenvalue weighted by atomic mass is 9.84. The minimum atomic E-state index is -0.319. The van der Waals surface area contributed by atoms with Gasteiger partial charge in [0.1, 0.15) is 0 Å². The molecular weight excluding hydrogens is 368 g/mol. The lowest BCUT2D eigenvalue weighted by Gasteiger charge is -2.18. The molecule has 8 nitrogen and oxygen atoms in total. The average Bonchev–Trinajstić information content (AvgIpc) is 3.47. The Labute approximate surface area is 160 Å². The summed E-state index contributed by atoms with van der Waals surface area (Å²) in [4.78, 5) is 0. The van der Waals surface area contributed by atoms with Crippen molar-refractivity contribution in [1.82, 2.24) is 0 Å². The molecular formula is C20H18O8. The van der Waals surface area contributed by atoms with Crippen LogP contribution in [0.5, 0.6) is 34.5 Å². The molecule has 0 radical (unpaired) electrons. The molecule has 4 aliphatic heterocycles. The van der Waals surface area contributed by atoms with Gasteiger partial charge in [0.05, 0.1) is 25.4 Å². The van der Waals surface area contributed by atoms with Gasteiger partial charge in [-0.25, -0.2) is 0 Å². The minimum absolute atomic E-state index is 0.0427. The molecule has 4 heterocycles. The van der Waals surface area contributed by atoms with E-state index in [-0.39, 0.29) is 49.1 Å². The van der Waals surface area contributed by atoms with E-state index in [1.807, 2.05) is 0 Å². The van der Waals surface area contributed by atoms with Crippen molar-refractivity contribution in [3.8, 4) is 34.5 Å². The Bertz CT molecular complexity index is 880. The molecule has 4 aliphatic rings. The van der Waals surface area contributed by atoms with Crippen molar-refractivity contribution < 1.29 is 38.6 Å². The summed E-state index contributed by atoms with van der Waals surface area (Å²) in [5, 5.41) is 21.3. The van der Waals surface area contributed by atoms with Crippen LogP contribution in [0.1, 0.15) is 23.3 Å². The first-order valence-electron chi connectivity index (χ1n) is 9.18. The number of rotatable bonds is 2. The maximum Gasteiger partial charge on any atom is 0.231 e. The van der Waals surface area contributed by atoms with Gasteiger partial charge >= 0.3 is 0 Å². The van der Waals surface area contributed by atoms with Gasteiger partial charge in [0.2, 0.25) is 25.1 Å². The molecule has 2 aromatic rings. The smallest absolute Gasteiger partial charge is 0.231 e. The summed E-state index contributed by atoms with van der Waals surface area (Å²) in [5.74, 6) is 1.96. The predicted molar refractivity (Wildman–Crippen MR) is 92.8 cm³/mol. The van der Waals surface area contributed by atoms with Crippen molar-refractivity contribution >= 4 is 0 Å². The number of aromatic hydroxyl groups is 2. The first-order chi connectivity index (χ1) is 13.7. The lowest BCUT2D eigenvalue weighted by molar-refractivity contribution is 0.0177. The highest BCUT2D eigenvalue weighted by molar-refractivity contribution is 5.58. The standard InChI is InChI=1S/C20H18O8/c21-15-9(1-3-13-19(15)27-7-25-13)17-11-5-24-18(12(11)6-23-17)10-2-4-14-20(16(10)22)28-8-26-14/h1-4,11-12,17-18,21-22H,5-8H2. The molecule has 0 spiro atoms. The summed E-state index contributed by atoms with van der Waals surface area (Å²) >= 11 is 0. The summed E-state index contributed by atoms with van der Waals surface area (Å²) < 4.78 is 33.5. The fraction of sp³-hybridized carbons (Fsp3) is 0.400. The van der Waals surface area contributed by atoms with Gasteiger partial charge in [0, 0.05) is 23.0 Å². The number of hydrogen-bond acceptors (Lipinski definition) is 8. The quantitative estimate of drug-likeness (QED) is 0.813. The molecule has 2 fully saturated rings. The second-order valence-corrected chi connectivity index (χ2v) is 7.31. The topological polar surface area (TPSA) is 95.8 Å². The van der Waals surface area contributed by atoms with E-state index in [1.54, 1.807) is 24.3 Å². The number of benzene rings is 2. The van der Waals surface area contributed by atoms with Gasteiger partial charge in [-0.3, -0.25) is 0 Å². The third-order valence-corrected chi connectivity index (χ3v) is 5.97. The van der Waals surface area contributed by atoms with Crippen LogP contribution >= 0.6 is 0 Å². The zero-order chi connectivity index (χ0) is 18.8. The molecule has 2 saturated heterocycles. The van der Waals surface area contributed by atoms with Crippen molar-refractivity contribution in [3.05, 3.63) is 35.4 Å². The van der Waals surface area contributed by atoms with Gasteiger partial charge in [-0.05, 0) is 24.3 Å². The third-order valence-electron chi connectivity index (χ3n) is 5.97. The number of phenols is 2.